The number of aromatic nitrogens is 2. The fourth-order valence-electron chi connectivity index (χ4n) is 1.47. The number of ether oxygens (including phenoxy) is 2. The van der Waals surface area contributed by atoms with Gasteiger partial charge in [0.25, 0.3) is 5.56 Å². The highest BCUT2D eigenvalue weighted by Crippen LogP contribution is 2.06. The zero-order chi connectivity index (χ0) is 12.5. The van der Waals surface area contributed by atoms with Gasteiger partial charge >= 0.3 is 0 Å². The molecule has 6 nitrogen and oxygen atoms in total. The topological polar surface area (TPSA) is 67.5 Å². The van der Waals surface area contributed by atoms with Crippen LogP contribution in [0.2, 0.25) is 0 Å². The van der Waals surface area contributed by atoms with Crippen molar-refractivity contribution in [1.82, 2.24) is 9.97 Å². The minimum absolute atomic E-state index is 0.149. The third kappa shape index (κ3) is 4.97. The van der Waals surface area contributed by atoms with Crippen LogP contribution < -0.4 is 10.5 Å². The van der Waals surface area contributed by atoms with E-state index in [1.54, 1.807) is 14.2 Å². The van der Waals surface area contributed by atoms with Crippen LogP contribution in [0, 0.1) is 0 Å². The van der Waals surface area contributed by atoms with Gasteiger partial charge in [0.05, 0.1) is 12.9 Å². The Balaban J connectivity index is 2.64. The van der Waals surface area contributed by atoms with E-state index < -0.39 is 0 Å². The summed E-state index contributed by atoms with van der Waals surface area (Å²) in [5.41, 5.74) is -0.149. The molecular weight excluding hydrogens is 222 g/mol. The zero-order valence-corrected chi connectivity index (χ0v) is 10.3. The Kier molecular flexibility index (Phi) is 6.27. The zero-order valence-electron chi connectivity index (χ0n) is 10.3. The number of H-pyrrole nitrogens is 1. The van der Waals surface area contributed by atoms with Gasteiger partial charge in [-0.3, -0.25) is 4.79 Å². The number of rotatable bonds is 8. The molecule has 17 heavy (non-hydrogen) atoms. The van der Waals surface area contributed by atoms with E-state index in [0.29, 0.717) is 25.6 Å². The Bertz CT molecular complexity index is 367. The van der Waals surface area contributed by atoms with Gasteiger partial charge in [-0.25, -0.2) is 4.98 Å². The lowest BCUT2D eigenvalue weighted by Crippen LogP contribution is -2.30. The predicted octanol–water partition coefficient (Wildman–Crippen LogP) is 0.259. The van der Waals surface area contributed by atoms with Crippen LogP contribution in [-0.4, -0.2) is 50.5 Å². The molecule has 1 N–H and O–H groups in total. The maximum Gasteiger partial charge on any atom is 0.252 e. The molecule has 0 bridgehead atoms. The summed E-state index contributed by atoms with van der Waals surface area (Å²) < 4.78 is 10.1. The predicted molar refractivity (Wildman–Crippen MR) is 65.4 cm³/mol. The van der Waals surface area contributed by atoms with E-state index in [4.69, 9.17) is 9.47 Å². The molecule has 0 aliphatic carbocycles. The molecule has 0 saturated carbocycles. The first kappa shape index (κ1) is 13.7. The second kappa shape index (κ2) is 7.81. The summed E-state index contributed by atoms with van der Waals surface area (Å²) >= 11 is 0. The smallest absolute Gasteiger partial charge is 0.252 e. The van der Waals surface area contributed by atoms with Gasteiger partial charge in [-0.05, 0) is 6.42 Å². The Labute approximate surface area is 101 Å². The standard InChI is InChI=1S/C11H19N3O3/c1-16-6-3-4-14(5-7-17-2)10-8-11(15)13-9-12-10/h8-9H,3-7H2,1-2H3,(H,12,13,15). The van der Waals surface area contributed by atoms with Crippen LogP contribution in [0.4, 0.5) is 5.82 Å². The van der Waals surface area contributed by atoms with Crippen molar-refractivity contribution in [2.45, 2.75) is 6.42 Å². The molecule has 1 rings (SSSR count). The molecule has 0 aromatic carbocycles. The molecule has 0 radical (unpaired) electrons. The van der Waals surface area contributed by atoms with Crippen molar-refractivity contribution in [2.24, 2.45) is 0 Å². The number of hydrogen-bond donors (Lipinski definition) is 1. The average molecular weight is 241 g/mol. The molecule has 0 fully saturated rings. The van der Waals surface area contributed by atoms with Gasteiger partial charge in [-0.1, -0.05) is 0 Å². The Morgan fingerprint density at radius 2 is 2.06 bits per heavy atom. The highest BCUT2D eigenvalue weighted by molar-refractivity contribution is 5.36. The fourth-order valence-corrected chi connectivity index (χ4v) is 1.47. The lowest BCUT2D eigenvalue weighted by Gasteiger charge is -2.22. The fraction of sp³-hybridized carbons (Fsp3) is 0.636. The van der Waals surface area contributed by atoms with Gasteiger partial charge in [0.1, 0.15) is 5.82 Å². The molecule has 0 atom stereocenters. The van der Waals surface area contributed by atoms with Gasteiger partial charge in [0.2, 0.25) is 0 Å². The third-order valence-electron chi connectivity index (χ3n) is 2.33. The minimum Gasteiger partial charge on any atom is -0.385 e. The second-order valence-electron chi connectivity index (χ2n) is 3.60. The normalized spacial score (nSPS) is 10.5. The first-order valence-corrected chi connectivity index (χ1v) is 5.55. The summed E-state index contributed by atoms with van der Waals surface area (Å²) in [6.07, 6.45) is 2.29. The molecule has 6 heteroatoms. The second-order valence-corrected chi connectivity index (χ2v) is 3.60. The molecule has 0 saturated heterocycles. The van der Waals surface area contributed by atoms with Gasteiger partial charge in [-0.2, -0.15) is 0 Å². The molecule has 96 valence electrons. The number of nitrogens with one attached hydrogen (secondary N) is 1. The van der Waals surface area contributed by atoms with E-state index in [1.165, 1.54) is 12.4 Å². The van der Waals surface area contributed by atoms with E-state index in [9.17, 15) is 4.79 Å². The van der Waals surface area contributed by atoms with Crippen molar-refractivity contribution in [3.05, 3.63) is 22.7 Å². The summed E-state index contributed by atoms with van der Waals surface area (Å²) in [7, 11) is 3.32. The number of nitrogens with zero attached hydrogens (tertiary/aromatic N) is 2. The van der Waals surface area contributed by atoms with E-state index in [0.717, 1.165) is 13.0 Å². The van der Waals surface area contributed by atoms with Crippen LogP contribution >= 0.6 is 0 Å². The van der Waals surface area contributed by atoms with E-state index >= 15 is 0 Å². The summed E-state index contributed by atoms with van der Waals surface area (Å²) in [5.74, 6) is 0.668. The third-order valence-corrected chi connectivity index (χ3v) is 2.33. The average Bonchev–Trinajstić information content (AvgIpc) is 2.33. The van der Waals surface area contributed by atoms with E-state index in [1.807, 2.05) is 4.90 Å². The lowest BCUT2D eigenvalue weighted by molar-refractivity contribution is 0.191. The number of hydrogen-bond acceptors (Lipinski definition) is 5. The summed E-state index contributed by atoms with van der Waals surface area (Å²) in [6, 6.07) is 1.49. The number of anilines is 1. The van der Waals surface area contributed by atoms with Crippen molar-refractivity contribution in [3.63, 3.8) is 0 Å². The van der Waals surface area contributed by atoms with Crippen LogP contribution in [0.3, 0.4) is 0 Å². The van der Waals surface area contributed by atoms with Gasteiger partial charge < -0.3 is 19.4 Å². The monoisotopic (exact) mass is 241 g/mol. The first-order valence-electron chi connectivity index (χ1n) is 5.55. The molecule has 0 aliphatic heterocycles. The molecule has 0 amide bonds. The summed E-state index contributed by atoms with van der Waals surface area (Å²) in [4.78, 5) is 19.9. The molecule has 1 aromatic heterocycles. The van der Waals surface area contributed by atoms with Crippen molar-refractivity contribution in [1.29, 1.82) is 0 Å². The molecule has 0 aliphatic rings. The largest absolute Gasteiger partial charge is 0.385 e. The molecular formula is C11H19N3O3. The Morgan fingerprint density at radius 1 is 1.29 bits per heavy atom. The van der Waals surface area contributed by atoms with Crippen molar-refractivity contribution < 1.29 is 9.47 Å². The van der Waals surface area contributed by atoms with Crippen LogP contribution in [0.5, 0.6) is 0 Å². The maximum absolute atomic E-state index is 11.2. The molecule has 0 spiro atoms. The number of methoxy groups -OCH3 is 2. The van der Waals surface area contributed by atoms with Crippen molar-refractivity contribution in [2.75, 3.05) is 45.4 Å². The quantitative estimate of drug-likeness (QED) is 0.661. The maximum atomic E-state index is 11.2. The summed E-state index contributed by atoms with van der Waals surface area (Å²) in [6.45, 7) is 2.78. The number of aromatic amines is 1. The van der Waals surface area contributed by atoms with Gasteiger partial charge in [-0.15, -0.1) is 0 Å². The molecule has 0 unspecified atom stereocenters. The molecule has 1 aromatic rings. The summed E-state index contributed by atoms with van der Waals surface area (Å²) in [5, 5.41) is 0. The van der Waals surface area contributed by atoms with Crippen molar-refractivity contribution >= 4 is 5.82 Å². The minimum atomic E-state index is -0.149. The van der Waals surface area contributed by atoms with Crippen molar-refractivity contribution in [3.8, 4) is 0 Å². The van der Waals surface area contributed by atoms with Crippen LogP contribution in [0.25, 0.3) is 0 Å². The van der Waals surface area contributed by atoms with Gasteiger partial charge in [0.15, 0.2) is 0 Å². The van der Waals surface area contributed by atoms with Gasteiger partial charge in [0, 0.05) is 40.0 Å². The van der Waals surface area contributed by atoms with Crippen LogP contribution in [-0.2, 0) is 9.47 Å². The highest BCUT2D eigenvalue weighted by atomic mass is 16.5. The van der Waals surface area contributed by atoms with Crippen LogP contribution in [0.15, 0.2) is 17.2 Å². The van der Waals surface area contributed by atoms with E-state index in [-0.39, 0.29) is 5.56 Å². The Hall–Kier alpha value is -1.40. The highest BCUT2D eigenvalue weighted by Gasteiger charge is 2.07. The van der Waals surface area contributed by atoms with Crippen LogP contribution in [0.1, 0.15) is 6.42 Å². The molecule has 1 heterocycles. The Morgan fingerprint density at radius 3 is 2.71 bits per heavy atom. The lowest BCUT2D eigenvalue weighted by atomic mass is 10.3. The first-order chi connectivity index (χ1) is 8.27. The van der Waals surface area contributed by atoms with E-state index in [2.05, 4.69) is 9.97 Å². The SMILES string of the molecule is COCCCN(CCOC)c1cc(=O)[nH]cn1.